The van der Waals surface area contributed by atoms with Gasteiger partial charge in [-0.15, -0.1) is 0 Å². The Morgan fingerprint density at radius 2 is 1.69 bits per heavy atom. The topological polar surface area (TPSA) is 12.0 Å². The molecule has 1 unspecified atom stereocenters. The molecule has 1 nitrogen and oxygen atoms in total. The number of rotatable bonds is 1. The largest absolute Gasteiger partial charge is 0.314 e. The fraction of sp³-hybridized carbons (Fsp3) is 1.00. The molecule has 1 atom stereocenters. The molecular formula is C12H23N. The molecule has 0 aromatic rings. The molecule has 0 spiro atoms. The Labute approximate surface area is 82.3 Å². The molecule has 1 N–H and O–H groups in total. The fourth-order valence-corrected chi connectivity index (χ4v) is 2.97. The van der Waals surface area contributed by atoms with E-state index in [0.717, 1.165) is 17.9 Å². The van der Waals surface area contributed by atoms with Gasteiger partial charge in [0, 0.05) is 6.04 Å². The van der Waals surface area contributed by atoms with Gasteiger partial charge in [0.15, 0.2) is 0 Å². The van der Waals surface area contributed by atoms with Crippen LogP contribution in [-0.2, 0) is 0 Å². The highest BCUT2D eigenvalue weighted by molar-refractivity contribution is 4.83. The molecule has 0 bridgehead atoms. The summed E-state index contributed by atoms with van der Waals surface area (Å²) in [5.41, 5.74) is 0. The van der Waals surface area contributed by atoms with Crippen molar-refractivity contribution in [3.63, 3.8) is 0 Å². The summed E-state index contributed by atoms with van der Waals surface area (Å²) < 4.78 is 0. The van der Waals surface area contributed by atoms with Crippen molar-refractivity contribution in [3.05, 3.63) is 0 Å². The van der Waals surface area contributed by atoms with Gasteiger partial charge in [0.2, 0.25) is 0 Å². The standard InChI is InChI=1S/C12H23N/c1-10-5-7-11(8-6-10)12-4-2-3-9-13-12/h10-13H,2-9H2,1H3. The first kappa shape index (κ1) is 9.51. The normalized spacial score (nSPS) is 41.8. The third-order valence-corrected chi connectivity index (χ3v) is 3.98. The molecule has 1 saturated heterocycles. The number of piperidine rings is 1. The van der Waals surface area contributed by atoms with Crippen LogP contribution in [0.15, 0.2) is 0 Å². The van der Waals surface area contributed by atoms with E-state index in [9.17, 15) is 0 Å². The van der Waals surface area contributed by atoms with Gasteiger partial charge < -0.3 is 5.32 Å². The first-order chi connectivity index (χ1) is 6.36. The Morgan fingerprint density at radius 3 is 2.31 bits per heavy atom. The van der Waals surface area contributed by atoms with Crippen LogP contribution in [-0.4, -0.2) is 12.6 Å². The van der Waals surface area contributed by atoms with Crippen molar-refractivity contribution >= 4 is 0 Å². The summed E-state index contributed by atoms with van der Waals surface area (Å²) >= 11 is 0. The number of nitrogens with one attached hydrogen (secondary N) is 1. The van der Waals surface area contributed by atoms with Crippen LogP contribution in [0.2, 0.25) is 0 Å². The van der Waals surface area contributed by atoms with Crippen LogP contribution in [0, 0.1) is 11.8 Å². The quantitative estimate of drug-likeness (QED) is 0.656. The average molecular weight is 181 g/mol. The Balaban J connectivity index is 1.79. The Kier molecular flexibility index (Phi) is 3.26. The van der Waals surface area contributed by atoms with E-state index in [0.29, 0.717) is 0 Å². The van der Waals surface area contributed by atoms with Crippen LogP contribution in [0.25, 0.3) is 0 Å². The lowest BCUT2D eigenvalue weighted by Crippen LogP contribution is -2.41. The minimum atomic E-state index is 0.876. The highest BCUT2D eigenvalue weighted by atomic mass is 14.9. The molecule has 0 amide bonds. The summed E-state index contributed by atoms with van der Waals surface area (Å²) in [7, 11) is 0. The van der Waals surface area contributed by atoms with Gasteiger partial charge in [-0.1, -0.05) is 26.2 Å². The minimum absolute atomic E-state index is 0.876. The van der Waals surface area contributed by atoms with Gasteiger partial charge in [-0.3, -0.25) is 0 Å². The molecule has 2 fully saturated rings. The van der Waals surface area contributed by atoms with Gasteiger partial charge in [-0.05, 0) is 44.1 Å². The first-order valence-corrected chi connectivity index (χ1v) is 6.09. The lowest BCUT2D eigenvalue weighted by atomic mass is 9.77. The monoisotopic (exact) mass is 181 g/mol. The van der Waals surface area contributed by atoms with Gasteiger partial charge in [0.25, 0.3) is 0 Å². The minimum Gasteiger partial charge on any atom is -0.314 e. The molecular weight excluding hydrogens is 158 g/mol. The van der Waals surface area contributed by atoms with Crippen LogP contribution in [0.4, 0.5) is 0 Å². The zero-order valence-corrected chi connectivity index (χ0v) is 8.89. The lowest BCUT2D eigenvalue weighted by molar-refractivity contribution is 0.206. The van der Waals surface area contributed by atoms with Crippen molar-refractivity contribution < 1.29 is 0 Å². The summed E-state index contributed by atoms with van der Waals surface area (Å²) in [5, 5.41) is 3.70. The fourth-order valence-electron chi connectivity index (χ4n) is 2.97. The van der Waals surface area contributed by atoms with E-state index >= 15 is 0 Å². The van der Waals surface area contributed by atoms with E-state index in [4.69, 9.17) is 0 Å². The summed E-state index contributed by atoms with van der Waals surface area (Å²) in [5.74, 6) is 2.01. The van der Waals surface area contributed by atoms with Crippen molar-refractivity contribution in [2.75, 3.05) is 6.54 Å². The molecule has 13 heavy (non-hydrogen) atoms. The molecule has 0 aromatic heterocycles. The number of hydrogen-bond acceptors (Lipinski definition) is 1. The van der Waals surface area contributed by atoms with E-state index in [1.54, 1.807) is 0 Å². The molecule has 0 radical (unpaired) electrons. The van der Waals surface area contributed by atoms with Crippen LogP contribution < -0.4 is 5.32 Å². The molecule has 2 aliphatic rings. The molecule has 76 valence electrons. The van der Waals surface area contributed by atoms with E-state index in [-0.39, 0.29) is 0 Å². The van der Waals surface area contributed by atoms with E-state index in [1.807, 2.05) is 0 Å². The summed E-state index contributed by atoms with van der Waals surface area (Å²) in [6.07, 6.45) is 10.2. The Morgan fingerprint density at radius 1 is 0.923 bits per heavy atom. The van der Waals surface area contributed by atoms with E-state index in [1.165, 1.54) is 51.5 Å². The molecule has 1 heterocycles. The Hall–Kier alpha value is -0.0400. The third kappa shape index (κ3) is 2.46. The zero-order valence-electron chi connectivity index (χ0n) is 8.89. The van der Waals surface area contributed by atoms with Gasteiger partial charge in [-0.25, -0.2) is 0 Å². The van der Waals surface area contributed by atoms with E-state index < -0.39 is 0 Å². The second-order valence-electron chi connectivity index (χ2n) is 5.08. The molecule has 1 heteroatoms. The van der Waals surface area contributed by atoms with Gasteiger partial charge in [0.05, 0.1) is 0 Å². The van der Waals surface area contributed by atoms with Crippen molar-refractivity contribution in [2.24, 2.45) is 11.8 Å². The molecule has 1 saturated carbocycles. The second-order valence-corrected chi connectivity index (χ2v) is 5.08. The van der Waals surface area contributed by atoms with Crippen molar-refractivity contribution in [2.45, 2.75) is 57.9 Å². The highest BCUT2D eigenvalue weighted by Gasteiger charge is 2.26. The molecule has 1 aliphatic heterocycles. The maximum atomic E-state index is 3.70. The van der Waals surface area contributed by atoms with Crippen molar-refractivity contribution in [1.82, 2.24) is 5.32 Å². The molecule has 2 rings (SSSR count). The van der Waals surface area contributed by atoms with Crippen LogP contribution in [0.5, 0.6) is 0 Å². The predicted octanol–water partition coefficient (Wildman–Crippen LogP) is 2.95. The second kappa shape index (κ2) is 4.45. The molecule has 1 aliphatic carbocycles. The SMILES string of the molecule is CC1CCC(C2CCCCN2)CC1. The zero-order chi connectivity index (χ0) is 9.10. The summed E-state index contributed by atoms with van der Waals surface area (Å²) in [6, 6.07) is 0.876. The highest BCUT2D eigenvalue weighted by Crippen LogP contribution is 2.32. The Bertz CT molecular complexity index is 141. The van der Waals surface area contributed by atoms with E-state index in [2.05, 4.69) is 12.2 Å². The molecule has 0 aromatic carbocycles. The van der Waals surface area contributed by atoms with Gasteiger partial charge in [0.1, 0.15) is 0 Å². The summed E-state index contributed by atoms with van der Waals surface area (Å²) in [6.45, 7) is 3.68. The smallest absolute Gasteiger partial charge is 0.00953 e. The predicted molar refractivity (Wildman–Crippen MR) is 56.8 cm³/mol. The van der Waals surface area contributed by atoms with Gasteiger partial charge in [-0.2, -0.15) is 0 Å². The first-order valence-electron chi connectivity index (χ1n) is 6.09. The summed E-state index contributed by atoms with van der Waals surface area (Å²) in [4.78, 5) is 0. The average Bonchev–Trinajstić information content (AvgIpc) is 2.20. The van der Waals surface area contributed by atoms with Crippen molar-refractivity contribution in [1.29, 1.82) is 0 Å². The lowest BCUT2D eigenvalue weighted by Gasteiger charge is -2.35. The maximum Gasteiger partial charge on any atom is 0.00953 e. The van der Waals surface area contributed by atoms with Gasteiger partial charge >= 0.3 is 0 Å². The van der Waals surface area contributed by atoms with Crippen LogP contribution >= 0.6 is 0 Å². The van der Waals surface area contributed by atoms with Crippen LogP contribution in [0.3, 0.4) is 0 Å². The maximum absolute atomic E-state index is 3.70. The van der Waals surface area contributed by atoms with Crippen molar-refractivity contribution in [3.8, 4) is 0 Å². The third-order valence-electron chi connectivity index (χ3n) is 3.98. The number of hydrogen-bond donors (Lipinski definition) is 1. The van der Waals surface area contributed by atoms with Crippen LogP contribution in [0.1, 0.15) is 51.9 Å².